The second-order valence-corrected chi connectivity index (χ2v) is 8.79. The van der Waals surface area contributed by atoms with E-state index in [1.165, 1.54) is 11.3 Å². The number of rotatable bonds is 4. The van der Waals surface area contributed by atoms with Crippen molar-refractivity contribution in [1.82, 2.24) is 19.2 Å². The number of carbonyl (C=O) groups excluding carboxylic acids is 1. The summed E-state index contributed by atoms with van der Waals surface area (Å²) < 4.78 is 1.55. The van der Waals surface area contributed by atoms with Gasteiger partial charge in [-0.3, -0.25) is 18.9 Å². The molecule has 5 rings (SSSR count). The second kappa shape index (κ2) is 8.98. The minimum Gasteiger partial charge on any atom is -0.336 e. The molecule has 2 aromatic heterocycles. The molecule has 1 amide bonds. The van der Waals surface area contributed by atoms with Crippen molar-refractivity contribution in [2.75, 3.05) is 26.2 Å². The van der Waals surface area contributed by atoms with E-state index in [0.717, 1.165) is 16.8 Å². The minimum absolute atomic E-state index is 0.0330. The van der Waals surface area contributed by atoms with E-state index in [2.05, 4.69) is 16.0 Å². The molecule has 0 radical (unpaired) electrons. The van der Waals surface area contributed by atoms with Crippen molar-refractivity contribution in [3.63, 3.8) is 0 Å². The van der Waals surface area contributed by atoms with Gasteiger partial charge in [0.1, 0.15) is 0 Å². The van der Waals surface area contributed by atoms with Gasteiger partial charge in [-0.1, -0.05) is 36.4 Å². The van der Waals surface area contributed by atoms with Gasteiger partial charge in [0.2, 0.25) is 0 Å². The summed E-state index contributed by atoms with van der Waals surface area (Å²) in [5, 5.41) is 11.3. The lowest BCUT2D eigenvalue weighted by Gasteiger charge is -2.34. The Morgan fingerprint density at radius 2 is 1.76 bits per heavy atom. The maximum atomic E-state index is 13.4. The first-order chi connectivity index (χ1) is 16.1. The smallest absolute Gasteiger partial charge is 0.258 e. The molecule has 0 unspecified atom stereocenters. The average molecular weight is 456 g/mol. The van der Waals surface area contributed by atoms with Gasteiger partial charge in [0.15, 0.2) is 4.96 Å². The summed E-state index contributed by atoms with van der Waals surface area (Å²) in [6.07, 6.45) is 1.73. The summed E-state index contributed by atoms with van der Waals surface area (Å²) >= 11 is 1.44. The quantitative estimate of drug-likeness (QED) is 0.472. The fourth-order valence-electron chi connectivity index (χ4n) is 4.20. The van der Waals surface area contributed by atoms with Gasteiger partial charge in [-0.15, -0.1) is 11.3 Å². The zero-order valence-electron chi connectivity index (χ0n) is 17.8. The summed E-state index contributed by atoms with van der Waals surface area (Å²) in [6, 6.07) is 18.6. The lowest BCUT2D eigenvalue weighted by Crippen LogP contribution is -2.48. The monoisotopic (exact) mass is 455 g/mol. The Bertz CT molecular complexity index is 1430. The molecule has 1 aliphatic rings. The molecule has 0 atom stereocenters. The van der Waals surface area contributed by atoms with Crippen molar-refractivity contribution < 1.29 is 4.79 Å². The van der Waals surface area contributed by atoms with Gasteiger partial charge in [0.05, 0.1) is 17.3 Å². The van der Waals surface area contributed by atoms with Gasteiger partial charge in [0, 0.05) is 61.5 Å². The maximum absolute atomic E-state index is 13.4. The normalized spacial score (nSPS) is 14.3. The Labute approximate surface area is 194 Å². The number of nitrogens with zero attached hydrogens (tertiary/aromatic N) is 5. The summed E-state index contributed by atoms with van der Waals surface area (Å²) in [4.78, 5) is 35.0. The Morgan fingerprint density at radius 1 is 1.03 bits per heavy atom. The highest BCUT2D eigenvalue weighted by atomic mass is 32.1. The van der Waals surface area contributed by atoms with Crippen LogP contribution in [0.3, 0.4) is 0 Å². The summed E-state index contributed by atoms with van der Waals surface area (Å²) in [5.41, 5.74) is 3.38. The molecule has 33 heavy (non-hydrogen) atoms. The molecule has 3 heterocycles. The lowest BCUT2D eigenvalue weighted by molar-refractivity contribution is 0.0628. The largest absolute Gasteiger partial charge is 0.336 e. The number of thiazole rings is 1. The number of nitriles is 1. The van der Waals surface area contributed by atoms with Crippen molar-refractivity contribution in [3.05, 3.63) is 93.3 Å². The molecule has 2 aromatic carbocycles. The summed E-state index contributed by atoms with van der Waals surface area (Å²) in [7, 11) is 0. The Hall–Kier alpha value is -3.80. The number of hydrogen-bond donors (Lipinski definition) is 0. The number of amides is 1. The summed E-state index contributed by atoms with van der Waals surface area (Å²) in [5.74, 6) is -0.0330. The Kier molecular flexibility index (Phi) is 5.73. The Morgan fingerprint density at radius 3 is 2.55 bits per heavy atom. The van der Waals surface area contributed by atoms with Crippen LogP contribution in [0, 0.1) is 11.3 Å². The molecule has 0 spiro atoms. The molecular weight excluding hydrogens is 434 g/mol. The van der Waals surface area contributed by atoms with Crippen LogP contribution in [-0.2, 0) is 6.54 Å². The van der Waals surface area contributed by atoms with Gasteiger partial charge in [-0.05, 0) is 17.7 Å². The van der Waals surface area contributed by atoms with E-state index in [0.29, 0.717) is 48.8 Å². The predicted octanol–water partition coefficient (Wildman–Crippen LogP) is 3.25. The van der Waals surface area contributed by atoms with Crippen molar-refractivity contribution >= 4 is 22.2 Å². The minimum atomic E-state index is -0.0701. The third-order valence-corrected chi connectivity index (χ3v) is 6.65. The molecule has 0 bridgehead atoms. The predicted molar refractivity (Wildman–Crippen MR) is 127 cm³/mol. The molecule has 1 saturated heterocycles. The number of carbonyl (C=O) groups is 1. The molecule has 8 heteroatoms. The van der Waals surface area contributed by atoms with Gasteiger partial charge >= 0.3 is 0 Å². The van der Waals surface area contributed by atoms with Crippen LogP contribution < -0.4 is 5.56 Å². The van der Waals surface area contributed by atoms with Crippen LogP contribution in [0.2, 0.25) is 0 Å². The summed E-state index contributed by atoms with van der Waals surface area (Å²) in [6.45, 7) is 3.17. The molecular formula is C25H21N5O2S. The van der Waals surface area contributed by atoms with Crippen LogP contribution in [-0.4, -0.2) is 51.3 Å². The van der Waals surface area contributed by atoms with E-state index >= 15 is 0 Å². The molecule has 0 aliphatic carbocycles. The zero-order chi connectivity index (χ0) is 22.8. The topological polar surface area (TPSA) is 81.7 Å². The van der Waals surface area contributed by atoms with Gasteiger partial charge in [-0.2, -0.15) is 5.26 Å². The standard InChI is InChI=1S/C25H21N5O2S/c26-16-18-5-1-2-6-20(18)21-7-3-4-8-22(21)24(32)29-11-9-28(10-12-29)17-19-15-23(31)30-13-14-33-25(30)27-19/h1-8,13-15H,9-12,17H2. The van der Waals surface area contributed by atoms with Crippen molar-refractivity contribution in [1.29, 1.82) is 5.26 Å². The number of aromatic nitrogens is 2. The van der Waals surface area contributed by atoms with Crippen LogP contribution in [0.4, 0.5) is 0 Å². The zero-order valence-corrected chi connectivity index (χ0v) is 18.7. The van der Waals surface area contributed by atoms with Crippen LogP contribution in [0.1, 0.15) is 21.6 Å². The van der Waals surface area contributed by atoms with E-state index in [1.54, 1.807) is 22.7 Å². The van der Waals surface area contributed by atoms with E-state index in [1.807, 2.05) is 52.7 Å². The fourth-order valence-corrected chi connectivity index (χ4v) is 4.94. The van der Waals surface area contributed by atoms with Crippen LogP contribution in [0.25, 0.3) is 16.1 Å². The first-order valence-corrected chi connectivity index (χ1v) is 11.6. The molecule has 4 aromatic rings. The van der Waals surface area contributed by atoms with Gasteiger partial charge in [-0.25, -0.2) is 4.98 Å². The molecule has 0 N–H and O–H groups in total. The van der Waals surface area contributed by atoms with E-state index in [9.17, 15) is 14.9 Å². The van der Waals surface area contributed by atoms with E-state index < -0.39 is 0 Å². The molecule has 1 fully saturated rings. The highest BCUT2D eigenvalue weighted by molar-refractivity contribution is 7.15. The molecule has 1 aliphatic heterocycles. The first kappa shape index (κ1) is 21.1. The van der Waals surface area contributed by atoms with Gasteiger partial charge in [0.25, 0.3) is 11.5 Å². The SMILES string of the molecule is N#Cc1ccccc1-c1ccccc1C(=O)N1CCN(Cc2cc(=O)n3ccsc3n2)CC1. The van der Waals surface area contributed by atoms with Gasteiger partial charge < -0.3 is 4.90 Å². The number of piperazine rings is 1. The lowest BCUT2D eigenvalue weighted by atomic mass is 9.95. The molecule has 0 saturated carbocycles. The number of hydrogen-bond acceptors (Lipinski definition) is 6. The first-order valence-electron chi connectivity index (χ1n) is 10.7. The third kappa shape index (κ3) is 4.16. The second-order valence-electron chi connectivity index (χ2n) is 7.91. The highest BCUT2D eigenvalue weighted by Gasteiger charge is 2.25. The van der Waals surface area contributed by atoms with Crippen molar-refractivity contribution in [2.45, 2.75) is 6.54 Å². The average Bonchev–Trinajstić information content (AvgIpc) is 3.33. The molecule has 7 nitrogen and oxygen atoms in total. The molecule has 164 valence electrons. The Balaban J connectivity index is 1.30. The third-order valence-electron chi connectivity index (χ3n) is 5.90. The fraction of sp³-hybridized carbons (Fsp3) is 0.200. The maximum Gasteiger partial charge on any atom is 0.258 e. The van der Waals surface area contributed by atoms with Crippen LogP contribution in [0.5, 0.6) is 0 Å². The van der Waals surface area contributed by atoms with Crippen LogP contribution >= 0.6 is 11.3 Å². The van der Waals surface area contributed by atoms with Crippen molar-refractivity contribution in [2.24, 2.45) is 0 Å². The number of benzene rings is 2. The van der Waals surface area contributed by atoms with Crippen molar-refractivity contribution in [3.8, 4) is 17.2 Å². The van der Waals surface area contributed by atoms with E-state index in [4.69, 9.17) is 0 Å². The number of fused-ring (bicyclic) bond motifs is 1. The van der Waals surface area contributed by atoms with Crippen LogP contribution in [0.15, 0.2) is 71.0 Å². The highest BCUT2D eigenvalue weighted by Crippen LogP contribution is 2.28. The van der Waals surface area contributed by atoms with E-state index in [-0.39, 0.29) is 11.5 Å².